The highest BCUT2D eigenvalue weighted by Crippen LogP contribution is 2.37. The first-order valence-corrected chi connectivity index (χ1v) is 9.32. The third kappa shape index (κ3) is 2.58. The number of carbonyl (C=O) groups is 2. The molecule has 0 bridgehead atoms. The summed E-state index contributed by atoms with van der Waals surface area (Å²) in [4.78, 5) is 39.3. The highest BCUT2D eigenvalue weighted by molar-refractivity contribution is 6.32. The average Bonchev–Trinajstić information content (AvgIpc) is 2.64. The Hall–Kier alpha value is -3.21. The van der Waals surface area contributed by atoms with Crippen molar-refractivity contribution in [3.8, 4) is 5.75 Å². The predicted octanol–water partition coefficient (Wildman–Crippen LogP) is 4.23. The van der Waals surface area contributed by atoms with E-state index in [9.17, 15) is 14.4 Å². The molecule has 0 radical (unpaired) electrons. The normalized spacial score (nSPS) is 13.0. The summed E-state index contributed by atoms with van der Waals surface area (Å²) in [5.41, 5.74) is 1.53. The van der Waals surface area contributed by atoms with Crippen LogP contribution in [0.4, 0.5) is 0 Å². The molecule has 0 saturated carbocycles. The molecule has 0 amide bonds. The molecule has 142 valence electrons. The summed E-state index contributed by atoms with van der Waals surface area (Å²) in [5.74, 6) is 0.206. The van der Waals surface area contributed by atoms with Gasteiger partial charge in [-0.05, 0) is 38.5 Å². The number of aryl methyl sites for hydroxylation is 2. The smallest absolute Gasteiger partial charge is 0.202 e. The van der Waals surface area contributed by atoms with Gasteiger partial charge in [0.1, 0.15) is 17.1 Å². The molecule has 1 aliphatic rings. The van der Waals surface area contributed by atoms with Gasteiger partial charge in [0, 0.05) is 23.6 Å². The lowest BCUT2D eigenvalue weighted by molar-refractivity contribution is 0.0974. The molecule has 0 saturated heterocycles. The van der Waals surface area contributed by atoms with Crippen molar-refractivity contribution in [1.82, 2.24) is 0 Å². The van der Waals surface area contributed by atoms with Gasteiger partial charge < -0.3 is 9.15 Å². The fourth-order valence-corrected chi connectivity index (χ4v) is 3.73. The summed E-state index contributed by atoms with van der Waals surface area (Å²) in [6.45, 7) is 7.32. The van der Waals surface area contributed by atoms with Crippen LogP contribution in [-0.4, -0.2) is 17.7 Å². The Morgan fingerprint density at radius 3 is 2.43 bits per heavy atom. The van der Waals surface area contributed by atoms with Crippen LogP contribution in [0.5, 0.6) is 5.75 Å². The number of hydrogen-bond donors (Lipinski definition) is 0. The molecule has 0 fully saturated rings. The Bertz CT molecular complexity index is 1210. The van der Waals surface area contributed by atoms with Crippen LogP contribution >= 0.6 is 0 Å². The minimum atomic E-state index is -0.359. The fraction of sp³-hybridized carbons (Fsp3) is 0.261. The number of ether oxygens (including phenoxy) is 1. The lowest BCUT2D eigenvalue weighted by atomic mass is 9.81. The van der Waals surface area contributed by atoms with Gasteiger partial charge in [-0.3, -0.25) is 14.4 Å². The second kappa shape index (κ2) is 6.44. The number of ketones is 2. The first-order valence-electron chi connectivity index (χ1n) is 9.32. The maximum Gasteiger partial charge on any atom is 0.202 e. The van der Waals surface area contributed by atoms with Crippen molar-refractivity contribution in [3.63, 3.8) is 0 Å². The van der Waals surface area contributed by atoms with Gasteiger partial charge in [-0.2, -0.15) is 0 Å². The third-order valence-electron chi connectivity index (χ3n) is 4.93. The lowest BCUT2D eigenvalue weighted by Gasteiger charge is -2.22. The summed E-state index contributed by atoms with van der Waals surface area (Å²) in [7, 11) is 0. The molecule has 3 aromatic rings. The van der Waals surface area contributed by atoms with Crippen molar-refractivity contribution in [2.24, 2.45) is 0 Å². The van der Waals surface area contributed by atoms with Gasteiger partial charge in [-0.15, -0.1) is 0 Å². The molecule has 5 heteroatoms. The maximum atomic E-state index is 13.5. The van der Waals surface area contributed by atoms with Crippen LogP contribution in [0.2, 0.25) is 0 Å². The molecule has 1 aromatic heterocycles. The average molecular weight is 376 g/mol. The Morgan fingerprint density at radius 2 is 1.75 bits per heavy atom. The third-order valence-corrected chi connectivity index (χ3v) is 4.93. The number of hydrogen-bond acceptors (Lipinski definition) is 5. The lowest BCUT2D eigenvalue weighted by Crippen LogP contribution is -2.24. The van der Waals surface area contributed by atoms with Gasteiger partial charge in [0.15, 0.2) is 11.2 Å². The molecule has 2 aromatic carbocycles. The number of fused-ring (bicyclic) bond motifs is 4. The van der Waals surface area contributed by atoms with Crippen LogP contribution in [-0.2, 0) is 6.42 Å². The van der Waals surface area contributed by atoms with Gasteiger partial charge in [0.2, 0.25) is 5.78 Å². The first-order chi connectivity index (χ1) is 13.3. The minimum absolute atomic E-state index is 0.144. The van der Waals surface area contributed by atoms with Crippen LogP contribution in [0, 0.1) is 6.92 Å². The zero-order chi connectivity index (χ0) is 20.2. The molecule has 28 heavy (non-hydrogen) atoms. The first kappa shape index (κ1) is 18.2. The summed E-state index contributed by atoms with van der Waals surface area (Å²) in [5, 5.41) is 0.336. The van der Waals surface area contributed by atoms with E-state index in [1.54, 1.807) is 31.2 Å². The zero-order valence-corrected chi connectivity index (χ0v) is 16.2. The van der Waals surface area contributed by atoms with Crippen LogP contribution in [0.25, 0.3) is 11.0 Å². The van der Waals surface area contributed by atoms with E-state index in [0.29, 0.717) is 34.4 Å². The summed E-state index contributed by atoms with van der Waals surface area (Å²) in [6.07, 6.45) is 0.351. The van der Waals surface area contributed by atoms with Crippen LogP contribution in [0.3, 0.4) is 0 Å². The maximum absolute atomic E-state index is 13.5. The molecule has 1 aliphatic carbocycles. The van der Waals surface area contributed by atoms with E-state index in [-0.39, 0.29) is 45.4 Å². The monoisotopic (exact) mass is 376 g/mol. The highest BCUT2D eigenvalue weighted by atomic mass is 16.5. The summed E-state index contributed by atoms with van der Waals surface area (Å²) >= 11 is 0. The quantitative estimate of drug-likeness (QED) is 0.535. The number of benzene rings is 2. The minimum Gasteiger partial charge on any atom is -0.490 e. The topological polar surface area (TPSA) is 73.6 Å². The van der Waals surface area contributed by atoms with Crippen LogP contribution in [0.15, 0.2) is 39.5 Å². The van der Waals surface area contributed by atoms with E-state index >= 15 is 0 Å². The van der Waals surface area contributed by atoms with Crippen LogP contribution in [0.1, 0.15) is 63.9 Å². The van der Waals surface area contributed by atoms with Gasteiger partial charge in [0.25, 0.3) is 0 Å². The van der Waals surface area contributed by atoms with Gasteiger partial charge >= 0.3 is 0 Å². The van der Waals surface area contributed by atoms with Crippen molar-refractivity contribution in [2.45, 2.75) is 40.2 Å². The van der Waals surface area contributed by atoms with Crippen molar-refractivity contribution in [2.75, 3.05) is 0 Å². The van der Waals surface area contributed by atoms with Gasteiger partial charge in [-0.1, -0.05) is 19.1 Å². The van der Waals surface area contributed by atoms with Crippen molar-refractivity contribution < 1.29 is 18.7 Å². The Morgan fingerprint density at radius 1 is 1.00 bits per heavy atom. The molecule has 0 atom stereocenters. The van der Waals surface area contributed by atoms with Gasteiger partial charge in [-0.25, -0.2) is 0 Å². The Kier molecular flexibility index (Phi) is 4.18. The van der Waals surface area contributed by atoms with E-state index in [2.05, 4.69) is 0 Å². The second-order valence-corrected chi connectivity index (χ2v) is 7.25. The molecule has 0 unspecified atom stereocenters. The summed E-state index contributed by atoms with van der Waals surface area (Å²) < 4.78 is 11.7. The fourth-order valence-electron chi connectivity index (χ4n) is 3.73. The van der Waals surface area contributed by atoms with E-state index in [1.165, 1.54) is 6.07 Å². The highest BCUT2D eigenvalue weighted by Gasteiger charge is 2.35. The largest absolute Gasteiger partial charge is 0.490 e. The second-order valence-electron chi connectivity index (χ2n) is 7.25. The van der Waals surface area contributed by atoms with E-state index < -0.39 is 0 Å². The Balaban J connectivity index is 2.10. The van der Waals surface area contributed by atoms with Gasteiger partial charge in [0.05, 0.1) is 22.6 Å². The van der Waals surface area contributed by atoms with E-state index in [1.807, 2.05) is 20.8 Å². The predicted molar refractivity (Wildman–Crippen MR) is 106 cm³/mol. The van der Waals surface area contributed by atoms with E-state index in [4.69, 9.17) is 9.15 Å². The van der Waals surface area contributed by atoms with Crippen molar-refractivity contribution in [3.05, 3.63) is 74.1 Å². The molecule has 0 spiro atoms. The van der Waals surface area contributed by atoms with Crippen molar-refractivity contribution in [1.29, 1.82) is 0 Å². The van der Waals surface area contributed by atoms with Crippen LogP contribution < -0.4 is 10.2 Å². The SMILES string of the molecule is CCc1cc(=O)c2c(C)cc3c(c2o1)C(=O)c1c(OC(C)C)cccc1C3=O. The number of carbonyl (C=O) groups excluding carboxylic acids is 2. The molecule has 4 rings (SSSR count). The number of rotatable bonds is 3. The van der Waals surface area contributed by atoms with E-state index in [0.717, 1.165) is 0 Å². The summed E-state index contributed by atoms with van der Waals surface area (Å²) in [6, 6.07) is 8.07. The molecular weight excluding hydrogens is 356 g/mol. The Labute approximate surface area is 161 Å². The molecule has 5 nitrogen and oxygen atoms in total. The molecule has 0 N–H and O–H groups in total. The molecule has 1 heterocycles. The molecule has 0 aliphatic heterocycles. The van der Waals surface area contributed by atoms with Crippen molar-refractivity contribution >= 4 is 22.5 Å². The standard InChI is InChI=1S/C23H20O5/c1-5-13-10-16(24)18-12(4)9-15-20(23(18)28-13)22(26)19-14(21(15)25)7-6-8-17(19)27-11(2)3/h6-11H,5H2,1-4H3. The zero-order valence-electron chi connectivity index (χ0n) is 16.2. The molecular formula is C23H20O5.